The van der Waals surface area contributed by atoms with Crippen LogP contribution in [-0.2, 0) is 4.74 Å². The van der Waals surface area contributed by atoms with Gasteiger partial charge in [-0.05, 0) is 32.4 Å². The lowest BCUT2D eigenvalue weighted by Crippen LogP contribution is -2.55. The smallest absolute Gasteiger partial charge is 0.0645 e. The van der Waals surface area contributed by atoms with Gasteiger partial charge in [0.05, 0.1) is 19.3 Å². The summed E-state index contributed by atoms with van der Waals surface area (Å²) in [6.45, 7) is 5.88. The molecule has 0 bridgehead atoms. The average Bonchev–Trinajstić information content (AvgIpc) is 2.45. The van der Waals surface area contributed by atoms with Gasteiger partial charge in [-0.15, -0.1) is 0 Å². The highest BCUT2D eigenvalue weighted by Crippen LogP contribution is 2.31. The highest BCUT2D eigenvalue weighted by Gasteiger charge is 2.39. The second-order valence-corrected chi connectivity index (χ2v) is 5.07. The largest absolute Gasteiger partial charge is 0.378 e. The van der Waals surface area contributed by atoms with Gasteiger partial charge in [0.15, 0.2) is 0 Å². The van der Waals surface area contributed by atoms with Gasteiger partial charge in [-0.25, -0.2) is 0 Å². The number of likely N-dealkylation sites (tertiary alicyclic amines) is 2. The van der Waals surface area contributed by atoms with E-state index in [1.807, 2.05) is 0 Å². The number of hydrogen-bond donors (Lipinski definition) is 0. The van der Waals surface area contributed by atoms with Crippen molar-refractivity contribution in [1.29, 1.82) is 0 Å². The van der Waals surface area contributed by atoms with Crippen molar-refractivity contribution >= 4 is 0 Å². The van der Waals surface area contributed by atoms with Crippen molar-refractivity contribution in [3.05, 3.63) is 0 Å². The number of rotatable bonds is 1. The molecule has 3 aliphatic rings. The predicted molar refractivity (Wildman–Crippen MR) is 55.3 cm³/mol. The number of piperidine rings is 1. The van der Waals surface area contributed by atoms with E-state index in [2.05, 4.69) is 16.8 Å². The van der Waals surface area contributed by atoms with Crippen LogP contribution < -0.4 is 0 Å². The van der Waals surface area contributed by atoms with Crippen LogP contribution >= 0.6 is 0 Å². The van der Waals surface area contributed by atoms with Crippen LogP contribution in [0.5, 0.6) is 0 Å². The molecule has 14 heavy (non-hydrogen) atoms. The van der Waals surface area contributed by atoms with Gasteiger partial charge < -0.3 is 9.64 Å². The molecule has 3 nitrogen and oxygen atoms in total. The van der Waals surface area contributed by atoms with E-state index >= 15 is 0 Å². The fourth-order valence-electron chi connectivity index (χ4n) is 3.21. The predicted octanol–water partition coefficient (Wildman–Crippen LogP) is 0.411. The van der Waals surface area contributed by atoms with Crippen LogP contribution in [0.25, 0.3) is 0 Å². The summed E-state index contributed by atoms with van der Waals surface area (Å²) in [5.74, 6) is 0.939. The Hall–Kier alpha value is -0.120. The maximum Gasteiger partial charge on any atom is 0.0645 e. The average molecular weight is 196 g/mol. The lowest BCUT2D eigenvalue weighted by Gasteiger charge is -2.44. The maximum atomic E-state index is 5.27. The molecule has 0 radical (unpaired) electrons. The molecule has 3 fully saturated rings. The summed E-state index contributed by atoms with van der Waals surface area (Å²) in [6, 6.07) is 1.63. The zero-order valence-corrected chi connectivity index (χ0v) is 8.98. The summed E-state index contributed by atoms with van der Waals surface area (Å²) >= 11 is 0. The Morgan fingerprint density at radius 2 is 2.00 bits per heavy atom. The van der Waals surface area contributed by atoms with E-state index in [-0.39, 0.29) is 0 Å². The van der Waals surface area contributed by atoms with Crippen molar-refractivity contribution in [2.24, 2.45) is 5.92 Å². The van der Waals surface area contributed by atoms with Gasteiger partial charge in [-0.3, -0.25) is 4.90 Å². The van der Waals surface area contributed by atoms with Crippen molar-refractivity contribution in [1.82, 2.24) is 9.80 Å². The molecule has 0 aromatic heterocycles. The minimum absolute atomic E-state index is 0.752. The lowest BCUT2D eigenvalue weighted by molar-refractivity contribution is -0.0798. The molecule has 3 heteroatoms. The van der Waals surface area contributed by atoms with Gasteiger partial charge in [0.1, 0.15) is 0 Å². The first-order valence-corrected chi connectivity index (χ1v) is 5.86. The summed E-state index contributed by atoms with van der Waals surface area (Å²) in [5.41, 5.74) is 0. The van der Waals surface area contributed by atoms with Gasteiger partial charge >= 0.3 is 0 Å². The number of fused-ring (bicyclic) bond motifs is 1. The Kier molecular flexibility index (Phi) is 2.26. The third-order valence-electron chi connectivity index (χ3n) is 4.28. The van der Waals surface area contributed by atoms with Crippen LogP contribution in [0.1, 0.15) is 12.8 Å². The van der Waals surface area contributed by atoms with Crippen molar-refractivity contribution in [3.63, 3.8) is 0 Å². The SMILES string of the molecule is CN1CCC2CN(C3COC3)CCC21. The summed E-state index contributed by atoms with van der Waals surface area (Å²) in [7, 11) is 2.28. The summed E-state index contributed by atoms with van der Waals surface area (Å²) in [4.78, 5) is 5.21. The van der Waals surface area contributed by atoms with E-state index < -0.39 is 0 Å². The quantitative estimate of drug-likeness (QED) is 0.604. The molecule has 0 amide bonds. The van der Waals surface area contributed by atoms with Crippen LogP contribution in [0.3, 0.4) is 0 Å². The molecule has 3 rings (SSSR count). The second kappa shape index (κ2) is 3.47. The first-order valence-electron chi connectivity index (χ1n) is 5.86. The fraction of sp³-hybridized carbons (Fsp3) is 1.00. The summed E-state index contributed by atoms with van der Waals surface area (Å²) in [5, 5.41) is 0. The first-order chi connectivity index (χ1) is 6.84. The zero-order valence-electron chi connectivity index (χ0n) is 8.98. The lowest BCUT2D eigenvalue weighted by atomic mass is 9.91. The maximum absolute atomic E-state index is 5.27. The normalized spacial score (nSPS) is 40.9. The molecule has 0 saturated carbocycles. The molecule has 0 aromatic carbocycles. The first kappa shape index (κ1) is 9.13. The third-order valence-corrected chi connectivity index (χ3v) is 4.28. The molecule has 2 unspecified atom stereocenters. The van der Waals surface area contributed by atoms with Crippen molar-refractivity contribution in [2.45, 2.75) is 24.9 Å². The number of hydrogen-bond acceptors (Lipinski definition) is 3. The minimum atomic E-state index is 0.752. The van der Waals surface area contributed by atoms with Gasteiger partial charge in [-0.2, -0.15) is 0 Å². The van der Waals surface area contributed by atoms with Crippen molar-refractivity contribution in [2.75, 3.05) is 39.9 Å². The van der Waals surface area contributed by atoms with E-state index in [1.165, 1.54) is 32.5 Å². The Labute approximate surface area is 86.0 Å². The number of ether oxygens (including phenoxy) is 1. The monoisotopic (exact) mass is 196 g/mol. The van der Waals surface area contributed by atoms with Crippen LogP contribution in [0.15, 0.2) is 0 Å². The van der Waals surface area contributed by atoms with Crippen molar-refractivity contribution in [3.8, 4) is 0 Å². The Balaban J connectivity index is 1.61. The molecule has 3 saturated heterocycles. The zero-order chi connectivity index (χ0) is 9.54. The standard InChI is InChI=1S/C11H20N2O/c1-12-4-2-9-6-13(5-3-11(9)12)10-7-14-8-10/h9-11H,2-8H2,1H3. The van der Waals surface area contributed by atoms with Crippen LogP contribution in [0.2, 0.25) is 0 Å². The molecule has 0 aromatic rings. The molecule has 0 spiro atoms. The van der Waals surface area contributed by atoms with Crippen LogP contribution in [0.4, 0.5) is 0 Å². The number of nitrogens with zero attached hydrogens (tertiary/aromatic N) is 2. The molecule has 3 heterocycles. The molecule has 80 valence electrons. The molecule has 0 N–H and O–H groups in total. The molecule has 3 aliphatic heterocycles. The van der Waals surface area contributed by atoms with Gasteiger partial charge in [0.2, 0.25) is 0 Å². The highest BCUT2D eigenvalue weighted by molar-refractivity contribution is 4.93. The van der Waals surface area contributed by atoms with E-state index in [1.54, 1.807) is 0 Å². The van der Waals surface area contributed by atoms with E-state index in [9.17, 15) is 0 Å². The van der Waals surface area contributed by atoms with E-state index in [0.717, 1.165) is 31.2 Å². The summed E-state index contributed by atoms with van der Waals surface area (Å²) in [6.07, 6.45) is 2.78. The van der Waals surface area contributed by atoms with Crippen LogP contribution in [-0.4, -0.2) is 61.8 Å². The van der Waals surface area contributed by atoms with Crippen molar-refractivity contribution < 1.29 is 4.74 Å². The van der Waals surface area contributed by atoms with Crippen LogP contribution in [0, 0.1) is 5.92 Å². The topological polar surface area (TPSA) is 15.7 Å². The van der Waals surface area contributed by atoms with E-state index in [0.29, 0.717) is 0 Å². The molecule has 0 aliphatic carbocycles. The van der Waals surface area contributed by atoms with Gasteiger partial charge in [0, 0.05) is 19.1 Å². The van der Waals surface area contributed by atoms with Gasteiger partial charge in [0.25, 0.3) is 0 Å². The Bertz CT molecular complexity index is 217. The summed E-state index contributed by atoms with van der Waals surface area (Å²) < 4.78 is 5.27. The Morgan fingerprint density at radius 3 is 2.71 bits per heavy atom. The molecular formula is C11H20N2O. The van der Waals surface area contributed by atoms with E-state index in [4.69, 9.17) is 4.74 Å². The second-order valence-electron chi connectivity index (χ2n) is 5.07. The molecule has 2 atom stereocenters. The fourth-order valence-corrected chi connectivity index (χ4v) is 3.21. The third kappa shape index (κ3) is 1.38. The highest BCUT2D eigenvalue weighted by atomic mass is 16.5. The minimum Gasteiger partial charge on any atom is -0.378 e. The Morgan fingerprint density at radius 1 is 1.14 bits per heavy atom. The van der Waals surface area contributed by atoms with Gasteiger partial charge in [-0.1, -0.05) is 0 Å². The molecular weight excluding hydrogens is 176 g/mol.